The van der Waals surface area contributed by atoms with Crippen LogP contribution in [0.5, 0.6) is 0 Å². The van der Waals surface area contributed by atoms with Crippen LogP contribution in [0.3, 0.4) is 0 Å². The van der Waals surface area contributed by atoms with Crippen molar-refractivity contribution in [3.05, 3.63) is 75.3 Å². The highest BCUT2D eigenvalue weighted by Crippen LogP contribution is 2.49. The van der Waals surface area contributed by atoms with Crippen LogP contribution in [0.25, 0.3) is 5.70 Å². The summed E-state index contributed by atoms with van der Waals surface area (Å²) in [6.45, 7) is 0. The minimum Gasteiger partial charge on any atom is -0.299 e. The quantitative estimate of drug-likeness (QED) is 0.672. The van der Waals surface area contributed by atoms with E-state index in [1.807, 2.05) is 48.5 Å². The number of benzene rings is 2. The monoisotopic (exact) mass is 405 g/mol. The lowest BCUT2D eigenvalue weighted by Gasteiger charge is -2.34. The van der Waals surface area contributed by atoms with Crippen molar-refractivity contribution in [2.24, 2.45) is 10.9 Å². The lowest BCUT2D eigenvalue weighted by atomic mass is 9.69. The second-order valence-electron chi connectivity index (χ2n) is 7.07. The Kier molecular flexibility index (Phi) is 3.57. The van der Waals surface area contributed by atoms with E-state index in [4.69, 9.17) is 4.99 Å². The molecule has 1 aliphatic heterocycles. The first kappa shape index (κ1) is 15.9. The molecule has 2 aromatic carbocycles. The number of carbonyl (C=O) groups is 2. The van der Waals surface area contributed by atoms with Crippen LogP contribution in [-0.4, -0.2) is 17.3 Å². The normalized spacial score (nSPS) is 24.1. The van der Waals surface area contributed by atoms with Crippen molar-refractivity contribution in [2.45, 2.75) is 25.2 Å². The number of allylic oxidation sites excluding steroid dienone is 1. The number of hydrogen-bond donors (Lipinski definition) is 0. The zero-order chi connectivity index (χ0) is 17.8. The van der Waals surface area contributed by atoms with Crippen LogP contribution >= 0.6 is 15.9 Å². The fourth-order valence-corrected chi connectivity index (χ4v) is 4.74. The Balaban J connectivity index is 1.75. The van der Waals surface area contributed by atoms with Gasteiger partial charge in [-0.1, -0.05) is 52.3 Å². The molecule has 2 atom stereocenters. The van der Waals surface area contributed by atoms with E-state index in [0.717, 1.165) is 39.8 Å². The molecule has 0 aromatic heterocycles. The van der Waals surface area contributed by atoms with Gasteiger partial charge in [0, 0.05) is 39.2 Å². The van der Waals surface area contributed by atoms with E-state index in [-0.39, 0.29) is 23.4 Å². The number of hydrogen-bond acceptors (Lipinski definition) is 3. The van der Waals surface area contributed by atoms with Gasteiger partial charge >= 0.3 is 0 Å². The van der Waals surface area contributed by atoms with Gasteiger partial charge in [-0.15, -0.1) is 0 Å². The summed E-state index contributed by atoms with van der Waals surface area (Å²) >= 11 is 3.47. The SMILES string of the molecule is O=C1C2=C(N=C3CCCC(=O)C3[C@@H]2c2ccc(Br)cc2)c2ccccc21. The first-order valence-corrected chi connectivity index (χ1v) is 9.68. The Morgan fingerprint density at radius 2 is 1.62 bits per heavy atom. The third-order valence-corrected chi connectivity index (χ3v) is 6.15. The number of ketones is 2. The fourth-order valence-electron chi connectivity index (χ4n) is 4.48. The van der Waals surface area contributed by atoms with Crippen molar-refractivity contribution in [2.75, 3.05) is 0 Å². The van der Waals surface area contributed by atoms with Crippen LogP contribution in [0.1, 0.15) is 46.7 Å². The number of fused-ring (bicyclic) bond motifs is 3. The van der Waals surface area contributed by atoms with Gasteiger partial charge in [-0.2, -0.15) is 0 Å². The van der Waals surface area contributed by atoms with E-state index >= 15 is 0 Å². The molecule has 0 saturated heterocycles. The Morgan fingerprint density at radius 3 is 2.38 bits per heavy atom. The van der Waals surface area contributed by atoms with Gasteiger partial charge in [0.05, 0.1) is 11.6 Å². The summed E-state index contributed by atoms with van der Waals surface area (Å²) in [7, 11) is 0. The number of aliphatic imine (C=N–C) groups is 1. The lowest BCUT2D eigenvalue weighted by molar-refractivity contribution is -0.121. The molecule has 3 aliphatic rings. The van der Waals surface area contributed by atoms with Crippen molar-refractivity contribution >= 4 is 38.9 Å². The second-order valence-corrected chi connectivity index (χ2v) is 7.98. The first-order valence-electron chi connectivity index (χ1n) is 8.89. The van der Waals surface area contributed by atoms with Crippen molar-refractivity contribution in [1.82, 2.24) is 0 Å². The van der Waals surface area contributed by atoms with Crippen LogP contribution in [0, 0.1) is 5.92 Å². The summed E-state index contributed by atoms with van der Waals surface area (Å²) in [6.07, 6.45) is 2.25. The average Bonchev–Trinajstić information content (AvgIpc) is 2.94. The largest absolute Gasteiger partial charge is 0.299 e. The molecule has 0 spiro atoms. The standard InChI is InChI=1S/C22H16BrNO2/c23-13-10-8-12(9-11-13)18-19-16(6-3-7-17(19)25)24-21-14-4-1-2-5-15(14)22(26)20(18)21/h1-2,4-5,8-11,18-19H,3,6-7H2/t18-,19?/m0/s1. The van der Waals surface area contributed by atoms with Crippen LogP contribution in [0.15, 0.2) is 63.6 Å². The van der Waals surface area contributed by atoms with Crippen LogP contribution < -0.4 is 0 Å². The van der Waals surface area contributed by atoms with Gasteiger partial charge < -0.3 is 0 Å². The third kappa shape index (κ3) is 2.21. The maximum absolute atomic E-state index is 13.2. The van der Waals surface area contributed by atoms with Gasteiger partial charge in [-0.05, 0) is 30.5 Å². The minimum atomic E-state index is -0.304. The number of halogens is 1. The number of carbonyl (C=O) groups excluding carboxylic acids is 2. The number of Topliss-reactive ketones (excluding diaryl/α,β-unsaturated/α-hetero) is 2. The first-order chi connectivity index (χ1) is 12.6. The Labute approximate surface area is 160 Å². The van der Waals surface area contributed by atoms with E-state index < -0.39 is 0 Å². The molecule has 2 aromatic rings. The zero-order valence-corrected chi connectivity index (χ0v) is 15.6. The summed E-state index contributed by atoms with van der Waals surface area (Å²) < 4.78 is 0.983. The molecule has 5 rings (SSSR count). The van der Waals surface area contributed by atoms with E-state index in [9.17, 15) is 9.59 Å². The number of rotatable bonds is 1. The molecule has 1 unspecified atom stereocenters. The molecule has 0 radical (unpaired) electrons. The van der Waals surface area contributed by atoms with Crippen molar-refractivity contribution in [1.29, 1.82) is 0 Å². The van der Waals surface area contributed by atoms with Gasteiger partial charge in [-0.25, -0.2) is 0 Å². The van der Waals surface area contributed by atoms with Crippen molar-refractivity contribution in [3.8, 4) is 0 Å². The van der Waals surface area contributed by atoms with Crippen molar-refractivity contribution < 1.29 is 9.59 Å². The van der Waals surface area contributed by atoms with Gasteiger partial charge in [0.15, 0.2) is 5.78 Å². The molecule has 0 bridgehead atoms. The fraction of sp³-hybridized carbons (Fsp3) is 0.227. The van der Waals surface area contributed by atoms with E-state index in [1.54, 1.807) is 0 Å². The van der Waals surface area contributed by atoms with Gasteiger partial charge in [-0.3, -0.25) is 14.6 Å². The topological polar surface area (TPSA) is 46.5 Å². The summed E-state index contributed by atoms with van der Waals surface area (Å²) in [6, 6.07) is 15.6. The summed E-state index contributed by atoms with van der Waals surface area (Å²) in [5.41, 5.74) is 5.03. The molecule has 0 amide bonds. The molecule has 128 valence electrons. The van der Waals surface area contributed by atoms with Gasteiger partial charge in [0.25, 0.3) is 0 Å². The molecule has 3 nitrogen and oxygen atoms in total. The Bertz CT molecular complexity index is 1020. The van der Waals surface area contributed by atoms with E-state index in [2.05, 4.69) is 15.9 Å². The van der Waals surface area contributed by atoms with Gasteiger partial charge in [0.1, 0.15) is 5.78 Å². The predicted octanol–water partition coefficient (Wildman–Crippen LogP) is 4.96. The molecular weight excluding hydrogens is 390 g/mol. The molecular formula is C22H16BrNO2. The van der Waals surface area contributed by atoms with Gasteiger partial charge in [0.2, 0.25) is 0 Å². The lowest BCUT2D eigenvalue weighted by Crippen LogP contribution is -2.37. The molecule has 1 fully saturated rings. The second kappa shape index (κ2) is 5.85. The van der Waals surface area contributed by atoms with E-state index in [0.29, 0.717) is 17.6 Å². The number of nitrogens with zero attached hydrogens (tertiary/aromatic N) is 1. The molecule has 26 heavy (non-hydrogen) atoms. The van der Waals surface area contributed by atoms with Crippen LogP contribution in [0.4, 0.5) is 0 Å². The maximum atomic E-state index is 13.2. The summed E-state index contributed by atoms with van der Waals surface area (Å²) in [4.78, 5) is 30.9. The van der Waals surface area contributed by atoms with E-state index in [1.165, 1.54) is 0 Å². The highest BCUT2D eigenvalue weighted by Gasteiger charge is 2.46. The molecule has 1 saturated carbocycles. The van der Waals surface area contributed by atoms with Crippen molar-refractivity contribution in [3.63, 3.8) is 0 Å². The Morgan fingerprint density at radius 1 is 0.885 bits per heavy atom. The van der Waals surface area contributed by atoms with Crippen LogP contribution in [0.2, 0.25) is 0 Å². The molecule has 0 N–H and O–H groups in total. The Hall–Kier alpha value is -2.33. The third-order valence-electron chi connectivity index (χ3n) is 5.62. The van der Waals surface area contributed by atoms with Crippen LogP contribution in [-0.2, 0) is 4.79 Å². The zero-order valence-electron chi connectivity index (χ0n) is 14.0. The average molecular weight is 406 g/mol. The predicted molar refractivity (Wildman–Crippen MR) is 104 cm³/mol. The summed E-state index contributed by atoms with van der Waals surface area (Å²) in [5, 5.41) is 0. The molecule has 1 heterocycles. The summed E-state index contributed by atoms with van der Waals surface area (Å²) in [5.74, 6) is -0.317. The molecule has 2 aliphatic carbocycles. The maximum Gasteiger partial charge on any atom is 0.192 e. The highest BCUT2D eigenvalue weighted by molar-refractivity contribution is 9.10. The highest BCUT2D eigenvalue weighted by atomic mass is 79.9. The smallest absolute Gasteiger partial charge is 0.192 e. The molecule has 4 heteroatoms. The minimum absolute atomic E-state index is 0.0182.